The molecule has 2 atom stereocenters. The van der Waals surface area contributed by atoms with Gasteiger partial charge in [-0.15, -0.1) is 0 Å². The molecule has 2 fully saturated rings. The van der Waals surface area contributed by atoms with E-state index in [0.717, 1.165) is 13.2 Å². The summed E-state index contributed by atoms with van der Waals surface area (Å²) in [4.78, 5) is 5.17. The molecule has 2 unspecified atom stereocenters. The molecule has 0 spiro atoms. The molecule has 20 heavy (non-hydrogen) atoms. The van der Waals surface area contributed by atoms with Crippen LogP contribution in [0.15, 0.2) is 30.3 Å². The third-order valence-corrected chi connectivity index (χ3v) is 4.72. The van der Waals surface area contributed by atoms with Crippen LogP contribution in [0.5, 0.6) is 0 Å². The fourth-order valence-corrected chi connectivity index (χ4v) is 3.35. The molecule has 3 rings (SSSR count). The van der Waals surface area contributed by atoms with Gasteiger partial charge >= 0.3 is 0 Å². The lowest BCUT2D eigenvalue weighted by Crippen LogP contribution is -2.49. The van der Waals surface area contributed by atoms with Crippen molar-refractivity contribution >= 4 is 0 Å². The van der Waals surface area contributed by atoms with Crippen LogP contribution in [0.25, 0.3) is 0 Å². The van der Waals surface area contributed by atoms with Crippen molar-refractivity contribution in [2.75, 3.05) is 39.3 Å². The standard InChI is InChI=1S/C17H26N2O/c1-15(16-6-3-2-4-7-16)19-11-9-18(10-12-19)14-17-8-5-13-20-17/h2-4,6-7,15,17H,5,8-14H2,1H3. The van der Waals surface area contributed by atoms with E-state index in [1.54, 1.807) is 0 Å². The lowest BCUT2D eigenvalue weighted by atomic mass is 10.1. The van der Waals surface area contributed by atoms with Gasteiger partial charge in [-0.25, -0.2) is 0 Å². The number of piperazine rings is 1. The highest BCUT2D eigenvalue weighted by atomic mass is 16.5. The Morgan fingerprint density at radius 1 is 1.15 bits per heavy atom. The predicted molar refractivity (Wildman–Crippen MR) is 81.8 cm³/mol. The van der Waals surface area contributed by atoms with Crippen molar-refractivity contribution in [2.45, 2.75) is 31.9 Å². The quantitative estimate of drug-likeness (QED) is 0.839. The zero-order valence-electron chi connectivity index (χ0n) is 12.5. The Kier molecular flexibility index (Phi) is 4.71. The third-order valence-electron chi connectivity index (χ3n) is 4.72. The molecule has 0 saturated carbocycles. The molecule has 3 heteroatoms. The molecule has 0 radical (unpaired) electrons. The molecule has 3 nitrogen and oxygen atoms in total. The van der Waals surface area contributed by atoms with E-state index in [4.69, 9.17) is 4.74 Å². The van der Waals surface area contributed by atoms with Crippen molar-refractivity contribution in [2.24, 2.45) is 0 Å². The normalized spacial score (nSPS) is 26.8. The smallest absolute Gasteiger partial charge is 0.0702 e. The van der Waals surface area contributed by atoms with Gasteiger partial charge < -0.3 is 4.74 Å². The number of benzene rings is 1. The molecule has 110 valence electrons. The molecule has 0 amide bonds. The number of ether oxygens (including phenoxy) is 1. The summed E-state index contributed by atoms with van der Waals surface area (Å²) in [6.45, 7) is 9.12. The number of nitrogens with zero attached hydrogens (tertiary/aromatic N) is 2. The maximum absolute atomic E-state index is 5.74. The van der Waals surface area contributed by atoms with Gasteiger partial charge in [0.1, 0.15) is 0 Å². The van der Waals surface area contributed by atoms with Crippen molar-refractivity contribution in [3.63, 3.8) is 0 Å². The maximum atomic E-state index is 5.74. The Bertz CT molecular complexity index is 395. The summed E-state index contributed by atoms with van der Waals surface area (Å²) < 4.78 is 5.74. The molecule has 1 aromatic rings. The average molecular weight is 274 g/mol. The largest absolute Gasteiger partial charge is 0.377 e. The highest BCUT2D eigenvalue weighted by molar-refractivity contribution is 5.18. The topological polar surface area (TPSA) is 15.7 Å². The summed E-state index contributed by atoms with van der Waals surface area (Å²) in [6.07, 6.45) is 2.99. The summed E-state index contributed by atoms with van der Waals surface area (Å²) in [5.74, 6) is 0. The summed E-state index contributed by atoms with van der Waals surface area (Å²) >= 11 is 0. The van der Waals surface area contributed by atoms with Crippen molar-refractivity contribution < 1.29 is 4.74 Å². The maximum Gasteiger partial charge on any atom is 0.0702 e. The SMILES string of the molecule is CC(c1ccccc1)N1CCN(CC2CCCO2)CC1. The summed E-state index contributed by atoms with van der Waals surface area (Å²) in [5.41, 5.74) is 1.43. The molecular formula is C17H26N2O. The Morgan fingerprint density at radius 2 is 1.90 bits per heavy atom. The Labute approximate surface area is 122 Å². The summed E-state index contributed by atoms with van der Waals surface area (Å²) in [5, 5.41) is 0. The summed E-state index contributed by atoms with van der Waals surface area (Å²) in [7, 11) is 0. The van der Waals surface area contributed by atoms with Crippen LogP contribution in [0.4, 0.5) is 0 Å². The van der Waals surface area contributed by atoms with Crippen LogP contribution in [0.3, 0.4) is 0 Å². The van der Waals surface area contributed by atoms with Crippen LogP contribution >= 0.6 is 0 Å². The highest BCUT2D eigenvalue weighted by Crippen LogP contribution is 2.22. The molecule has 0 bridgehead atoms. The van der Waals surface area contributed by atoms with Crippen LogP contribution in [-0.2, 0) is 4.74 Å². The van der Waals surface area contributed by atoms with E-state index in [1.165, 1.54) is 44.6 Å². The first-order chi connectivity index (χ1) is 9.83. The fourth-order valence-electron chi connectivity index (χ4n) is 3.35. The van der Waals surface area contributed by atoms with Crippen molar-refractivity contribution in [1.82, 2.24) is 9.80 Å². The van der Waals surface area contributed by atoms with E-state index in [0.29, 0.717) is 12.1 Å². The highest BCUT2D eigenvalue weighted by Gasteiger charge is 2.25. The van der Waals surface area contributed by atoms with E-state index in [2.05, 4.69) is 47.1 Å². The molecule has 2 aliphatic heterocycles. The molecule has 0 aromatic heterocycles. The van der Waals surface area contributed by atoms with Crippen LogP contribution in [0.1, 0.15) is 31.4 Å². The van der Waals surface area contributed by atoms with E-state index < -0.39 is 0 Å². The van der Waals surface area contributed by atoms with E-state index >= 15 is 0 Å². The molecule has 1 aromatic carbocycles. The first-order valence-electron chi connectivity index (χ1n) is 7.96. The number of hydrogen-bond donors (Lipinski definition) is 0. The second kappa shape index (κ2) is 6.70. The van der Waals surface area contributed by atoms with Gasteiger partial charge in [0.15, 0.2) is 0 Å². The van der Waals surface area contributed by atoms with Gasteiger partial charge in [0, 0.05) is 45.4 Å². The Morgan fingerprint density at radius 3 is 2.55 bits per heavy atom. The second-order valence-electron chi connectivity index (χ2n) is 6.06. The molecule has 2 aliphatic rings. The molecule has 0 aliphatic carbocycles. The molecule has 0 N–H and O–H groups in total. The van der Waals surface area contributed by atoms with Crippen molar-refractivity contribution in [3.8, 4) is 0 Å². The first kappa shape index (κ1) is 14.1. The monoisotopic (exact) mass is 274 g/mol. The van der Waals surface area contributed by atoms with Crippen LogP contribution < -0.4 is 0 Å². The van der Waals surface area contributed by atoms with Crippen LogP contribution in [0, 0.1) is 0 Å². The van der Waals surface area contributed by atoms with Gasteiger partial charge in [0.25, 0.3) is 0 Å². The molecule has 2 saturated heterocycles. The van der Waals surface area contributed by atoms with Gasteiger partial charge in [-0.05, 0) is 25.3 Å². The number of rotatable bonds is 4. The van der Waals surface area contributed by atoms with Crippen LogP contribution in [-0.4, -0.2) is 55.2 Å². The van der Waals surface area contributed by atoms with Gasteiger partial charge in [-0.3, -0.25) is 9.80 Å². The minimum absolute atomic E-state index is 0.494. The Hall–Kier alpha value is -0.900. The lowest BCUT2D eigenvalue weighted by molar-refractivity contribution is 0.0420. The van der Waals surface area contributed by atoms with Gasteiger partial charge in [0.2, 0.25) is 0 Å². The van der Waals surface area contributed by atoms with Crippen molar-refractivity contribution in [3.05, 3.63) is 35.9 Å². The fraction of sp³-hybridized carbons (Fsp3) is 0.647. The summed E-state index contributed by atoms with van der Waals surface area (Å²) in [6, 6.07) is 11.4. The van der Waals surface area contributed by atoms with E-state index in [-0.39, 0.29) is 0 Å². The number of hydrogen-bond acceptors (Lipinski definition) is 3. The van der Waals surface area contributed by atoms with Gasteiger partial charge in [-0.1, -0.05) is 30.3 Å². The van der Waals surface area contributed by atoms with E-state index in [9.17, 15) is 0 Å². The minimum atomic E-state index is 0.494. The van der Waals surface area contributed by atoms with E-state index in [1.807, 2.05) is 0 Å². The van der Waals surface area contributed by atoms with Crippen molar-refractivity contribution in [1.29, 1.82) is 0 Å². The Balaban J connectivity index is 1.48. The average Bonchev–Trinajstić information content (AvgIpc) is 3.01. The first-order valence-corrected chi connectivity index (χ1v) is 7.96. The zero-order chi connectivity index (χ0) is 13.8. The molecular weight excluding hydrogens is 248 g/mol. The van der Waals surface area contributed by atoms with Crippen LogP contribution in [0.2, 0.25) is 0 Å². The van der Waals surface area contributed by atoms with Gasteiger partial charge in [-0.2, -0.15) is 0 Å². The minimum Gasteiger partial charge on any atom is -0.377 e. The molecule has 2 heterocycles. The lowest BCUT2D eigenvalue weighted by Gasteiger charge is -2.38. The zero-order valence-corrected chi connectivity index (χ0v) is 12.5. The third kappa shape index (κ3) is 3.40. The van der Waals surface area contributed by atoms with Gasteiger partial charge in [0.05, 0.1) is 6.10 Å². The second-order valence-corrected chi connectivity index (χ2v) is 6.06. The predicted octanol–water partition coefficient (Wildman–Crippen LogP) is 2.54.